The van der Waals surface area contributed by atoms with Gasteiger partial charge in [0.05, 0.1) is 25.1 Å². The second-order valence-corrected chi connectivity index (χ2v) is 12.6. The van der Waals surface area contributed by atoms with Gasteiger partial charge in [-0.1, -0.05) is 36.4 Å². The van der Waals surface area contributed by atoms with Crippen molar-refractivity contribution in [3.05, 3.63) is 75.8 Å². The van der Waals surface area contributed by atoms with E-state index in [0.29, 0.717) is 11.1 Å². The van der Waals surface area contributed by atoms with E-state index in [0.717, 1.165) is 27.1 Å². The molecule has 16 heteroatoms. The van der Waals surface area contributed by atoms with E-state index in [1.807, 2.05) is 43.3 Å². The molecule has 7 atom stereocenters. The van der Waals surface area contributed by atoms with Crippen LogP contribution in [0.1, 0.15) is 41.5 Å². The zero-order chi connectivity index (χ0) is 31.8. The first-order valence-electron chi connectivity index (χ1n) is 14.2. The van der Waals surface area contributed by atoms with Gasteiger partial charge in [0.2, 0.25) is 5.95 Å². The highest BCUT2D eigenvalue weighted by molar-refractivity contribution is 7.46. The second-order valence-electron chi connectivity index (χ2n) is 11.4. The van der Waals surface area contributed by atoms with Crippen LogP contribution in [0, 0.1) is 6.92 Å². The molecule has 15 nitrogen and oxygen atoms in total. The summed E-state index contributed by atoms with van der Waals surface area (Å²) in [4.78, 5) is 42.4. The molecule has 2 aliphatic rings. The molecule has 3 heterocycles. The van der Waals surface area contributed by atoms with Crippen LogP contribution in [-0.4, -0.2) is 80.8 Å². The highest BCUT2D eigenvalue weighted by atomic mass is 31.2. The Morgan fingerprint density at radius 2 is 1.87 bits per heavy atom. The van der Waals surface area contributed by atoms with E-state index < -0.39 is 62.8 Å². The molecule has 8 N–H and O–H groups in total. The minimum Gasteiger partial charge on any atom is -0.390 e. The summed E-state index contributed by atoms with van der Waals surface area (Å²) in [6, 6.07) is 12.4. The number of fused-ring (bicyclic) bond motifs is 5. The van der Waals surface area contributed by atoms with Crippen LogP contribution in [0.4, 0.5) is 5.95 Å². The first-order valence-corrected chi connectivity index (χ1v) is 15.7. The van der Waals surface area contributed by atoms with Crippen molar-refractivity contribution in [1.29, 1.82) is 0 Å². The van der Waals surface area contributed by atoms with Crippen molar-refractivity contribution in [3.8, 4) is 0 Å². The number of imidazole rings is 1. The topological polar surface area (TPSA) is 233 Å². The number of aliphatic hydroxyl groups excluding tert-OH is 4. The van der Waals surface area contributed by atoms with E-state index in [2.05, 4.69) is 24.8 Å². The van der Waals surface area contributed by atoms with E-state index in [1.165, 1.54) is 10.9 Å². The number of benzene rings is 3. The molecule has 0 spiro atoms. The summed E-state index contributed by atoms with van der Waals surface area (Å²) in [5, 5.41) is 50.2. The molecule has 3 aromatic carbocycles. The number of nitrogens with one attached hydrogen (secondary N) is 2. The summed E-state index contributed by atoms with van der Waals surface area (Å²) in [5.41, 5.74) is 1.37. The predicted octanol–water partition coefficient (Wildman–Crippen LogP) is 1.41. The fourth-order valence-corrected chi connectivity index (χ4v) is 6.80. The average Bonchev–Trinajstić information content (AvgIpc) is 3.60. The van der Waals surface area contributed by atoms with Gasteiger partial charge in [0.1, 0.15) is 30.6 Å². The molecule has 1 aliphatic heterocycles. The smallest absolute Gasteiger partial charge is 0.390 e. The van der Waals surface area contributed by atoms with Gasteiger partial charge in [0.25, 0.3) is 5.56 Å². The molecule has 0 saturated carbocycles. The lowest BCUT2D eigenvalue weighted by atomic mass is 9.78. The predicted molar refractivity (Wildman–Crippen MR) is 160 cm³/mol. The second kappa shape index (κ2) is 10.9. The van der Waals surface area contributed by atoms with Gasteiger partial charge in [-0.2, -0.15) is 4.98 Å². The molecule has 1 saturated heterocycles. The minimum atomic E-state index is -4.79. The van der Waals surface area contributed by atoms with E-state index in [-0.39, 0.29) is 23.5 Å². The van der Waals surface area contributed by atoms with Crippen molar-refractivity contribution in [1.82, 2.24) is 19.5 Å². The largest absolute Gasteiger partial charge is 0.469 e. The number of phosphoric ester groups is 1. The molecule has 236 valence electrons. The number of ether oxygens (including phenoxy) is 1. The van der Waals surface area contributed by atoms with E-state index in [1.54, 1.807) is 6.07 Å². The van der Waals surface area contributed by atoms with Gasteiger partial charge < -0.3 is 40.3 Å². The molecule has 1 aliphatic carbocycles. The molecule has 0 bridgehead atoms. The van der Waals surface area contributed by atoms with Crippen molar-refractivity contribution in [2.45, 2.75) is 56.1 Å². The number of nitrogens with zero attached hydrogens (tertiary/aromatic N) is 3. The van der Waals surface area contributed by atoms with Gasteiger partial charge in [-0.25, -0.2) is 9.55 Å². The number of hydrogen-bond acceptors (Lipinski definition) is 11. The van der Waals surface area contributed by atoms with Crippen LogP contribution in [0.2, 0.25) is 0 Å². The van der Waals surface area contributed by atoms with Crippen LogP contribution in [0.3, 0.4) is 0 Å². The highest BCUT2D eigenvalue weighted by Crippen LogP contribution is 2.44. The maximum absolute atomic E-state index is 13.1. The highest BCUT2D eigenvalue weighted by Gasteiger charge is 2.42. The summed E-state index contributed by atoms with van der Waals surface area (Å²) >= 11 is 0. The lowest BCUT2D eigenvalue weighted by Gasteiger charge is -2.38. The first-order chi connectivity index (χ1) is 21.4. The van der Waals surface area contributed by atoms with Crippen LogP contribution in [0.15, 0.2) is 53.6 Å². The maximum atomic E-state index is 13.1. The van der Waals surface area contributed by atoms with Crippen LogP contribution < -0.4 is 10.9 Å². The Labute approximate surface area is 254 Å². The number of anilines is 1. The third kappa shape index (κ3) is 5.12. The molecular weight excluding hydrogens is 609 g/mol. The fourth-order valence-electron chi connectivity index (χ4n) is 6.46. The molecular formula is C29H30N5O10P. The zero-order valence-electron chi connectivity index (χ0n) is 23.7. The number of aromatic nitrogens is 4. The Kier molecular flexibility index (Phi) is 7.28. The Hall–Kier alpha value is -3.76. The van der Waals surface area contributed by atoms with Crippen LogP contribution in [0.25, 0.3) is 32.7 Å². The Balaban J connectivity index is 1.29. The number of H-pyrrole nitrogens is 1. The van der Waals surface area contributed by atoms with E-state index >= 15 is 0 Å². The van der Waals surface area contributed by atoms with Gasteiger partial charge in [0.15, 0.2) is 11.2 Å². The van der Waals surface area contributed by atoms with Crippen molar-refractivity contribution < 1.29 is 44.0 Å². The van der Waals surface area contributed by atoms with E-state index in [4.69, 9.17) is 14.5 Å². The molecule has 3 unspecified atom stereocenters. The molecule has 1 fully saturated rings. The van der Waals surface area contributed by atoms with Crippen LogP contribution in [0.5, 0.6) is 0 Å². The van der Waals surface area contributed by atoms with Gasteiger partial charge in [0, 0.05) is 6.42 Å². The fraction of sp³-hybridized carbons (Fsp3) is 0.345. The summed E-state index contributed by atoms with van der Waals surface area (Å²) < 4.78 is 22.8. The third-order valence-electron chi connectivity index (χ3n) is 8.68. The maximum Gasteiger partial charge on any atom is 0.469 e. The Bertz CT molecular complexity index is 2060. The number of aryl methyl sites for hydroxylation is 1. The van der Waals surface area contributed by atoms with E-state index in [9.17, 15) is 29.8 Å². The normalized spacial score (nSPS) is 27.0. The SMILES string of the molecule is Cc1c2ccccc2cc2c3c(ccc12)[C@@H](O)[C@H](O)[C@H](O)[C@@H]3Nc1nc2c(ncn2C2CC(O)C(COP(=O)(O)O)O2)c(=O)[nH]1. The molecule has 5 aromatic rings. The molecule has 0 radical (unpaired) electrons. The van der Waals surface area contributed by atoms with Gasteiger partial charge in [-0.3, -0.25) is 18.9 Å². The Morgan fingerprint density at radius 1 is 1.09 bits per heavy atom. The molecule has 7 rings (SSSR count). The lowest BCUT2D eigenvalue weighted by Crippen LogP contribution is -2.44. The third-order valence-corrected chi connectivity index (χ3v) is 9.17. The summed E-state index contributed by atoms with van der Waals surface area (Å²) in [6.07, 6.45) is -6.20. The molecule has 2 aromatic heterocycles. The van der Waals surface area contributed by atoms with Crippen LogP contribution in [-0.2, 0) is 13.8 Å². The Morgan fingerprint density at radius 3 is 2.64 bits per heavy atom. The van der Waals surface area contributed by atoms with Crippen molar-refractivity contribution in [3.63, 3.8) is 0 Å². The lowest BCUT2D eigenvalue weighted by molar-refractivity contribution is -0.0767. The van der Waals surface area contributed by atoms with Gasteiger partial charge in [-0.05, 0) is 51.2 Å². The first kappa shape index (κ1) is 29.9. The number of phosphoric acid groups is 1. The molecule has 45 heavy (non-hydrogen) atoms. The van der Waals surface area contributed by atoms with Crippen molar-refractivity contribution in [2.24, 2.45) is 0 Å². The average molecular weight is 640 g/mol. The molecule has 0 amide bonds. The minimum absolute atomic E-state index is 0.00399. The number of hydrogen-bond donors (Lipinski definition) is 8. The zero-order valence-corrected chi connectivity index (χ0v) is 24.6. The van der Waals surface area contributed by atoms with Gasteiger partial charge in [-0.15, -0.1) is 0 Å². The monoisotopic (exact) mass is 639 g/mol. The summed E-state index contributed by atoms with van der Waals surface area (Å²) in [5.74, 6) is -0.0673. The quantitative estimate of drug-likeness (QED) is 0.0971. The standard InChI is InChI=1S/C29H30N5O10P/c1-12-14-5-3-2-4-13(14)8-17-15(12)6-7-16-21(17)22(25(37)26(38)24(16)36)31-29-32-27-23(28(39)33-29)30-11-34(27)20-9-18(35)19(44-20)10-43-45(40,41)42/h2-8,11,18-20,22,24-26,35-38H,9-10H2,1H3,(H2,40,41,42)(H2,31,32,33,39)/t18?,19?,20?,22-,24-,25-,26+/m1/s1. The number of rotatable bonds is 6. The number of aromatic amines is 1. The van der Waals surface area contributed by atoms with Crippen LogP contribution >= 0.6 is 7.82 Å². The van der Waals surface area contributed by atoms with Crippen molar-refractivity contribution in [2.75, 3.05) is 11.9 Å². The summed E-state index contributed by atoms with van der Waals surface area (Å²) in [6.45, 7) is 1.42. The van der Waals surface area contributed by atoms with Crippen molar-refractivity contribution >= 4 is 46.5 Å². The summed E-state index contributed by atoms with van der Waals surface area (Å²) in [7, 11) is -4.79. The van der Waals surface area contributed by atoms with Gasteiger partial charge >= 0.3 is 7.82 Å². The number of aliphatic hydroxyl groups is 4.